The second kappa shape index (κ2) is 8.82. The molecule has 5 heteroatoms. The van der Waals surface area contributed by atoms with E-state index in [9.17, 15) is 9.18 Å². The van der Waals surface area contributed by atoms with Gasteiger partial charge in [-0.1, -0.05) is 58.9 Å². The number of halogens is 1. The molecule has 2 aromatic carbocycles. The molecule has 1 amide bonds. The van der Waals surface area contributed by atoms with E-state index in [4.69, 9.17) is 0 Å². The van der Waals surface area contributed by atoms with Gasteiger partial charge in [-0.25, -0.2) is 4.39 Å². The molecule has 0 aliphatic rings. The fourth-order valence-electron chi connectivity index (χ4n) is 3.18. The summed E-state index contributed by atoms with van der Waals surface area (Å²) < 4.78 is 14.9. The van der Waals surface area contributed by atoms with Crippen molar-refractivity contribution in [3.05, 3.63) is 82.9 Å². The maximum atomic E-state index is 13.3. The summed E-state index contributed by atoms with van der Waals surface area (Å²) in [7, 11) is 0. The highest BCUT2D eigenvalue weighted by atomic mass is 19.1. The van der Waals surface area contributed by atoms with Crippen LogP contribution in [-0.2, 0) is 12.0 Å². The molecule has 1 N–H and O–H groups in total. The second-order valence-electron chi connectivity index (χ2n) is 8.83. The number of hydrogen-bond acceptors (Lipinski definition) is 2. The molecule has 0 saturated heterocycles. The van der Waals surface area contributed by atoms with Crippen molar-refractivity contribution in [1.29, 1.82) is 0 Å². The summed E-state index contributed by atoms with van der Waals surface area (Å²) in [4.78, 5) is 13.1. The van der Waals surface area contributed by atoms with Gasteiger partial charge in [0.1, 0.15) is 11.5 Å². The lowest BCUT2D eigenvalue weighted by Gasteiger charge is -2.14. The molecule has 0 saturated carbocycles. The van der Waals surface area contributed by atoms with Crippen molar-refractivity contribution in [3.63, 3.8) is 0 Å². The van der Waals surface area contributed by atoms with Crippen LogP contribution >= 0.6 is 0 Å². The van der Waals surface area contributed by atoms with Crippen molar-refractivity contribution in [2.75, 3.05) is 5.32 Å². The highest BCUT2D eigenvalue weighted by molar-refractivity contribution is 6.03. The molecule has 158 valence electrons. The van der Waals surface area contributed by atoms with Crippen molar-refractivity contribution >= 4 is 11.6 Å². The maximum Gasteiger partial charge on any atom is 0.273 e. The minimum Gasteiger partial charge on any atom is -0.321 e. The smallest absolute Gasteiger partial charge is 0.273 e. The van der Waals surface area contributed by atoms with E-state index in [-0.39, 0.29) is 17.1 Å². The standard InChI is InChI=1S/C25H30FN3O/c1-6-17(2)19-9-13-21(14-10-19)27-24(30)22-15-23(25(3,4)5)28-29(22)16-18-7-11-20(26)12-8-18/h7-15,17H,6,16H2,1-5H3,(H,27,30)/t17-/m0/s1. The zero-order chi connectivity index (χ0) is 21.9. The molecule has 0 bridgehead atoms. The van der Waals surface area contributed by atoms with Crippen molar-refractivity contribution in [3.8, 4) is 0 Å². The Labute approximate surface area is 178 Å². The van der Waals surface area contributed by atoms with Gasteiger partial charge in [0.2, 0.25) is 0 Å². The first kappa shape index (κ1) is 21.8. The lowest BCUT2D eigenvalue weighted by atomic mass is 9.92. The second-order valence-corrected chi connectivity index (χ2v) is 8.83. The quantitative estimate of drug-likeness (QED) is 0.534. The Bertz CT molecular complexity index is 998. The lowest BCUT2D eigenvalue weighted by Crippen LogP contribution is -2.18. The molecular formula is C25H30FN3O. The molecule has 0 aliphatic carbocycles. The minimum absolute atomic E-state index is 0.193. The van der Waals surface area contributed by atoms with Gasteiger partial charge in [-0.15, -0.1) is 0 Å². The van der Waals surface area contributed by atoms with E-state index in [1.807, 2.05) is 18.2 Å². The van der Waals surface area contributed by atoms with Crippen LogP contribution in [0.15, 0.2) is 54.6 Å². The van der Waals surface area contributed by atoms with Gasteiger partial charge in [-0.3, -0.25) is 9.48 Å². The highest BCUT2D eigenvalue weighted by Crippen LogP contribution is 2.24. The maximum absolute atomic E-state index is 13.3. The Kier molecular flexibility index (Phi) is 6.40. The largest absolute Gasteiger partial charge is 0.321 e. The van der Waals surface area contributed by atoms with Gasteiger partial charge in [-0.05, 0) is 53.8 Å². The SMILES string of the molecule is CC[C@H](C)c1ccc(NC(=O)c2cc(C(C)(C)C)nn2Cc2ccc(F)cc2)cc1. The number of carbonyl (C=O) groups excluding carboxylic acids is 1. The average Bonchev–Trinajstić information content (AvgIpc) is 3.14. The molecule has 3 aromatic rings. The number of aromatic nitrogens is 2. The molecule has 30 heavy (non-hydrogen) atoms. The van der Waals surface area contributed by atoms with E-state index >= 15 is 0 Å². The summed E-state index contributed by atoms with van der Waals surface area (Å²) in [5, 5.41) is 7.66. The Balaban J connectivity index is 1.86. The first-order valence-electron chi connectivity index (χ1n) is 10.4. The van der Waals surface area contributed by atoms with Crippen molar-refractivity contribution < 1.29 is 9.18 Å². The van der Waals surface area contributed by atoms with Crippen LogP contribution in [0.25, 0.3) is 0 Å². The summed E-state index contributed by atoms with van der Waals surface area (Å²) in [6.45, 7) is 10.9. The summed E-state index contributed by atoms with van der Waals surface area (Å²) >= 11 is 0. The Morgan fingerprint density at radius 2 is 1.73 bits per heavy atom. The normalized spacial score (nSPS) is 12.6. The lowest BCUT2D eigenvalue weighted by molar-refractivity contribution is 0.101. The van der Waals surface area contributed by atoms with E-state index < -0.39 is 0 Å². The fourth-order valence-corrected chi connectivity index (χ4v) is 3.18. The van der Waals surface area contributed by atoms with Gasteiger partial charge >= 0.3 is 0 Å². The molecule has 0 radical (unpaired) electrons. The summed E-state index contributed by atoms with van der Waals surface area (Å²) in [6, 6.07) is 16.1. The molecule has 0 aliphatic heterocycles. The third-order valence-electron chi connectivity index (χ3n) is 5.38. The monoisotopic (exact) mass is 407 g/mol. The number of nitrogens with one attached hydrogen (secondary N) is 1. The number of nitrogens with zero attached hydrogens (tertiary/aromatic N) is 2. The number of benzene rings is 2. The van der Waals surface area contributed by atoms with Gasteiger partial charge < -0.3 is 5.32 Å². The van der Waals surface area contributed by atoms with E-state index in [2.05, 4.69) is 57.2 Å². The first-order chi connectivity index (χ1) is 14.2. The Hall–Kier alpha value is -2.95. The van der Waals surface area contributed by atoms with Gasteiger partial charge in [0, 0.05) is 11.1 Å². The van der Waals surface area contributed by atoms with E-state index in [1.165, 1.54) is 17.7 Å². The predicted octanol–water partition coefficient (Wildman–Crippen LogP) is 6.13. The third-order valence-corrected chi connectivity index (χ3v) is 5.38. The molecule has 3 rings (SSSR count). The fraction of sp³-hybridized carbons (Fsp3) is 0.360. The topological polar surface area (TPSA) is 46.9 Å². The van der Waals surface area contributed by atoms with Crippen LogP contribution in [0.4, 0.5) is 10.1 Å². The van der Waals surface area contributed by atoms with Crippen LogP contribution in [0.5, 0.6) is 0 Å². The van der Waals surface area contributed by atoms with Crippen molar-refractivity contribution in [1.82, 2.24) is 9.78 Å². The zero-order valence-corrected chi connectivity index (χ0v) is 18.4. The highest BCUT2D eigenvalue weighted by Gasteiger charge is 2.23. The van der Waals surface area contributed by atoms with E-state index in [0.717, 1.165) is 23.4 Å². The number of anilines is 1. The van der Waals surface area contributed by atoms with Crippen LogP contribution in [0.1, 0.15) is 74.3 Å². The van der Waals surface area contributed by atoms with Crippen molar-refractivity contribution in [2.24, 2.45) is 0 Å². The summed E-state index contributed by atoms with van der Waals surface area (Å²) in [5.41, 5.74) is 4.01. The number of rotatable bonds is 6. The molecule has 4 nitrogen and oxygen atoms in total. The number of amides is 1. The van der Waals surface area contributed by atoms with Gasteiger partial charge in [0.15, 0.2) is 0 Å². The Morgan fingerprint density at radius 1 is 1.10 bits per heavy atom. The molecule has 0 spiro atoms. The number of carbonyl (C=O) groups is 1. The van der Waals surface area contributed by atoms with Crippen LogP contribution < -0.4 is 5.32 Å². The molecule has 0 fully saturated rings. The first-order valence-corrected chi connectivity index (χ1v) is 10.4. The van der Waals surface area contributed by atoms with E-state index in [1.54, 1.807) is 16.8 Å². The zero-order valence-electron chi connectivity index (χ0n) is 18.4. The molecule has 1 heterocycles. The van der Waals surface area contributed by atoms with Gasteiger partial charge in [0.25, 0.3) is 5.91 Å². The van der Waals surface area contributed by atoms with Crippen LogP contribution in [-0.4, -0.2) is 15.7 Å². The van der Waals surface area contributed by atoms with E-state index in [0.29, 0.717) is 18.2 Å². The summed E-state index contributed by atoms with van der Waals surface area (Å²) in [6.07, 6.45) is 1.07. The van der Waals surface area contributed by atoms with Crippen LogP contribution in [0.3, 0.4) is 0 Å². The minimum atomic E-state index is -0.284. The molecule has 1 atom stereocenters. The third kappa shape index (κ3) is 5.15. The predicted molar refractivity (Wildman–Crippen MR) is 120 cm³/mol. The average molecular weight is 408 g/mol. The van der Waals surface area contributed by atoms with Gasteiger partial charge in [0.05, 0.1) is 12.2 Å². The summed E-state index contributed by atoms with van der Waals surface area (Å²) in [5.74, 6) is -0.00830. The molecular weight excluding hydrogens is 377 g/mol. The van der Waals surface area contributed by atoms with Crippen LogP contribution in [0, 0.1) is 5.82 Å². The molecule has 1 aromatic heterocycles. The van der Waals surface area contributed by atoms with Crippen LogP contribution in [0.2, 0.25) is 0 Å². The van der Waals surface area contributed by atoms with Gasteiger partial charge in [-0.2, -0.15) is 5.10 Å². The number of hydrogen-bond donors (Lipinski definition) is 1. The van der Waals surface area contributed by atoms with Crippen molar-refractivity contribution in [2.45, 2.75) is 58.9 Å². The molecule has 0 unspecified atom stereocenters. The Morgan fingerprint density at radius 3 is 2.30 bits per heavy atom.